The number of ether oxygens (including phenoxy) is 3. The molecular formula is C14H23F3O6S. The van der Waals surface area contributed by atoms with Crippen LogP contribution in [0.15, 0.2) is 0 Å². The third-order valence-electron chi connectivity index (χ3n) is 3.79. The number of rotatable bonds is 4. The molecule has 1 aliphatic carbocycles. The second-order valence-electron chi connectivity index (χ2n) is 7.52. The molecule has 2 rings (SSSR count). The van der Waals surface area contributed by atoms with Gasteiger partial charge in [0.05, 0.1) is 18.3 Å². The zero-order valence-electron chi connectivity index (χ0n) is 14.2. The molecule has 0 aromatic carbocycles. The average Bonchev–Trinajstić information content (AvgIpc) is 2.79. The molecule has 24 heavy (non-hydrogen) atoms. The predicted molar refractivity (Wildman–Crippen MR) is 77.5 cm³/mol. The molecule has 0 aromatic rings. The predicted octanol–water partition coefficient (Wildman–Crippen LogP) is 2.58. The monoisotopic (exact) mass is 376 g/mol. The molecule has 2 aliphatic rings. The van der Waals surface area contributed by atoms with Crippen LogP contribution in [-0.4, -0.2) is 50.2 Å². The average molecular weight is 376 g/mol. The molecule has 6 nitrogen and oxygen atoms in total. The van der Waals surface area contributed by atoms with Gasteiger partial charge in [0.25, 0.3) is 0 Å². The van der Waals surface area contributed by atoms with Crippen LogP contribution in [0.5, 0.6) is 0 Å². The fourth-order valence-corrected chi connectivity index (χ4v) is 3.49. The van der Waals surface area contributed by atoms with Gasteiger partial charge in [-0.15, -0.1) is 0 Å². The zero-order chi connectivity index (χ0) is 18.6. The van der Waals surface area contributed by atoms with Crippen molar-refractivity contribution in [2.75, 3.05) is 6.61 Å². The SMILES string of the molecule is CC(C)(C)OC[C@@H]1C[C@@H](OS(=O)(=O)C(F)(F)F)[C@H]2OC(C)(C)O[C@@H]12. The first-order valence-electron chi connectivity index (χ1n) is 7.60. The van der Waals surface area contributed by atoms with Gasteiger partial charge in [-0.05, 0) is 41.0 Å². The van der Waals surface area contributed by atoms with E-state index in [-0.39, 0.29) is 18.9 Å². The fourth-order valence-electron chi connectivity index (χ4n) is 2.87. The van der Waals surface area contributed by atoms with Crippen molar-refractivity contribution in [1.82, 2.24) is 0 Å². The Hall–Kier alpha value is -0.420. The number of fused-ring (bicyclic) bond motifs is 1. The molecule has 1 saturated heterocycles. The maximum atomic E-state index is 12.6. The van der Waals surface area contributed by atoms with Crippen molar-refractivity contribution >= 4 is 10.1 Å². The number of hydrogen-bond acceptors (Lipinski definition) is 6. The molecular weight excluding hydrogens is 353 g/mol. The molecule has 10 heteroatoms. The summed E-state index contributed by atoms with van der Waals surface area (Å²) in [6.45, 7) is 8.97. The molecule has 1 heterocycles. The zero-order valence-corrected chi connectivity index (χ0v) is 15.0. The van der Waals surface area contributed by atoms with Gasteiger partial charge in [-0.1, -0.05) is 0 Å². The summed E-state index contributed by atoms with van der Waals surface area (Å²) in [4.78, 5) is 0. The molecule has 1 saturated carbocycles. The maximum Gasteiger partial charge on any atom is 0.523 e. The lowest BCUT2D eigenvalue weighted by atomic mass is 10.1. The molecule has 0 spiro atoms. The molecule has 0 N–H and O–H groups in total. The van der Waals surface area contributed by atoms with Crippen molar-refractivity contribution in [2.45, 2.75) is 76.2 Å². The lowest BCUT2D eigenvalue weighted by Gasteiger charge is -2.26. The first kappa shape index (κ1) is 19.9. The van der Waals surface area contributed by atoms with Crippen LogP contribution in [0.3, 0.4) is 0 Å². The summed E-state index contributed by atoms with van der Waals surface area (Å²) >= 11 is 0. The fraction of sp³-hybridized carbons (Fsp3) is 1.00. The summed E-state index contributed by atoms with van der Waals surface area (Å²) in [5.41, 5.74) is -5.92. The Morgan fingerprint density at radius 1 is 1.12 bits per heavy atom. The van der Waals surface area contributed by atoms with Gasteiger partial charge in [-0.2, -0.15) is 21.6 Å². The topological polar surface area (TPSA) is 71.1 Å². The van der Waals surface area contributed by atoms with E-state index in [2.05, 4.69) is 4.18 Å². The molecule has 1 aliphatic heterocycles. The Bertz CT molecular complexity index is 566. The van der Waals surface area contributed by atoms with Gasteiger partial charge < -0.3 is 14.2 Å². The highest BCUT2D eigenvalue weighted by Crippen LogP contribution is 2.44. The van der Waals surface area contributed by atoms with Crippen molar-refractivity contribution in [3.63, 3.8) is 0 Å². The summed E-state index contributed by atoms with van der Waals surface area (Å²) in [7, 11) is -5.70. The molecule has 142 valence electrons. The Labute approximate surface area is 139 Å². The number of halogens is 3. The standard InChI is InChI=1S/C14H23F3O6S/c1-12(2,3)20-7-8-6-9(23-24(18,19)14(15,16)17)11-10(8)21-13(4,5)22-11/h8-11H,6-7H2,1-5H3/t8-,9+,10-,11+/m0/s1. The summed E-state index contributed by atoms with van der Waals surface area (Å²) in [5.74, 6) is -1.36. The van der Waals surface area contributed by atoms with E-state index in [1.807, 2.05) is 20.8 Å². The molecule has 2 fully saturated rings. The minimum absolute atomic E-state index is 0.0385. The first-order chi connectivity index (χ1) is 10.6. The van der Waals surface area contributed by atoms with Crippen LogP contribution in [-0.2, 0) is 28.5 Å². The second kappa shape index (κ2) is 6.08. The number of alkyl halides is 3. The first-order valence-corrected chi connectivity index (χ1v) is 9.01. The van der Waals surface area contributed by atoms with Crippen LogP contribution in [0.25, 0.3) is 0 Å². The van der Waals surface area contributed by atoms with Gasteiger partial charge in [-0.3, -0.25) is 4.18 Å². The molecule has 0 aromatic heterocycles. The summed E-state index contributed by atoms with van der Waals surface area (Å²) in [6.07, 6.45) is -2.71. The minimum Gasteiger partial charge on any atom is -0.375 e. The van der Waals surface area contributed by atoms with Crippen molar-refractivity contribution in [3.8, 4) is 0 Å². The molecule has 0 unspecified atom stereocenters. The van der Waals surface area contributed by atoms with Crippen LogP contribution in [0.4, 0.5) is 13.2 Å². The van der Waals surface area contributed by atoms with Crippen LogP contribution in [0.1, 0.15) is 41.0 Å². The van der Waals surface area contributed by atoms with Crippen LogP contribution < -0.4 is 0 Å². The Kier molecular flexibility index (Phi) is 5.04. The van der Waals surface area contributed by atoms with Crippen molar-refractivity contribution in [2.24, 2.45) is 5.92 Å². The van der Waals surface area contributed by atoms with Crippen LogP contribution in [0, 0.1) is 5.92 Å². The molecule has 0 amide bonds. The lowest BCUT2D eigenvalue weighted by Crippen LogP contribution is -2.36. The van der Waals surface area contributed by atoms with E-state index in [0.29, 0.717) is 0 Å². The largest absolute Gasteiger partial charge is 0.523 e. The van der Waals surface area contributed by atoms with Crippen LogP contribution >= 0.6 is 0 Å². The smallest absolute Gasteiger partial charge is 0.375 e. The second-order valence-corrected chi connectivity index (χ2v) is 9.08. The molecule has 0 bridgehead atoms. The highest BCUT2D eigenvalue weighted by Gasteiger charge is 2.58. The lowest BCUT2D eigenvalue weighted by molar-refractivity contribution is -0.169. The van der Waals surface area contributed by atoms with Crippen molar-refractivity contribution in [1.29, 1.82) is 0 Å². The highest BCUT2D eigenvalue weighted by molar-refractivity contribution is 7.87. The minimum atomic E-state index is -5.70. The highest BCUT2D eigenvalue weighted by atomic mass is 32.2. The van der Waals surface area contributed by atoms with E-state index in [0.717, 1.165) is 0 Å². The normalized spacial score (nSPS) is 33.7. The Balaban J connectivity index is 2.15. The summed E-state index contributed by atoms with van der Waals surface area (Å²) < 4.78 is 81.7. The van der Waals surface area contributed by atoms with E-state index in [4.69, 9.17) is 14.2 Å². The quantitative estimate of drug-likeness (QED) is 0.555. The number of hydrogen-bond donors (Lipinski definition) is 0. The van der Waals surface area contributed by atoms with Gasteiger partial charge >= 0.3 is 15.6 Å². The van der Waals surface area contributed by atoms with Crippen molar-refractivity contribution in [3.05, 3.63) is 0 Å². The molecule has 4 atom stereocenters. The van der Waals surface area contributed by atoms with Gasteiger partial charge in [0.1, 0.15) is 12.2 Å². The Morgan fingerprint density at radius 3 is 2.17 bits per heavy atom. The van der Waals surface area contributed by atoms with E-state index in [1.165, 1.54) is 0 Å². The van der Waals surface area contributed by atoms with E-state index in [1.54, 1.807) is 13.8 Å². The van der Waals surface area contributed by atoms with Gasteiger partial charge in [-0.25, -0.2) is 0 Å². The molecule has 0 radical (unpaired) electrons. The van der Waals surface area contributed by atoms with E-state index >= 15 is 0 Å². The Morgan fingerprint density at radius 2 is 1.67 bits per heavy atom. The van der Waals surface area contributed by atoms with Gasteiger partial charge in [0.2, 0.25) is 0 Å². The third-order valence-corrected chi connectivity index (χ3v) is 4.86. The maximum absolute atomic E-state index is 12.6. The summed E-state index contributed by atoms with van der Waals surface area (Å²) in [6, 6.07) is 0. The van der Waals surface area contributed by atoms with E-state index in [9.17, 15) is 21.6 Å². The summed E-state index contributed by atoms with van der Waals surface area (Å²) in [5, 5.41) is 0. The van der Waals surface area contributed by atoms with Crippen LogP contribution in [0.2, 0.25) is 0 Å². The van der Waals surface area contributed by atoms with Gasteiger partial charge in [0.15, 0.2) is 5.79 Å². The van der Waals surface area contributed by atoms with Crippen molar-refractivity contribution < 1.29 is 40.0 Å². The van der Waals surface area contributed by atoms with E-state index < -0.39 is 45.3 Å². The third kappa shape index (κ3) is 4.40. The van der Waals surface area contributed by atoms with Gasteiger partial charge in [0, 0.05) is 5.92 Å².